The zero-order valence-corrected chi connectivity index (χ0v) is 11.4. The van der Waals surface area contributed by atoms with Crippen molar-refractivity contribution in [2.45, 2.75) is 32.7 Å². The van der Waals surface area contributed by atoms with E-state index >= 15 is 0 Å². The minimum Gasteiger partial charge on any atom is -0.478 e. The van der Waals surface area contributed by atoms with Gasteiger partial charge in [0.1, 0.15) is 0 Å². The molecule has 0 radical (unpaired) electrons. The Balaban J connectivity index is 2.21. The van der Waals surface area contributed by atoms with Crippen molar-refractivity contribution < 1.29 is 9.90 Å². The summed E-state index contributed by atoms with van der Waals surface area (Å²) in [5.41, 5.74) is 0.909. The van der Waals surface area contributed by atoms with Gasteiger partial charge in [0.15, 0.2) is 0 Å². The Bertz CT molecular complexity index is 461. The first-order valence-electron chi connectivity index (χ1n) is 6.28. The lowest BCUT2D eigenvalue weighted by Crippen LogP contribution is -2.25. The monoisotopic (exact) mass is 267 g/mol. The van der Waals surface area contributed by atoms with Crippen LogP contribution in [0.1, 0.15) is 37.0 Å². The van der Waals surface area contributed by atoms with Crippen molar-refractivity contribution in [1.29, 1.82) is 0 Å². The molecule has 1 aromatic carbocycles. The van der Waals surface area contributed by atoms with Gasteiger partial charge in [-0.3, -0.25) is 0 Å². The van der Waals surface area contributed by atoms with E-state index in [2.05, 4.69) is 19.2 Å². The second-order valence-corrected chi connectivity index (χ2v) is 5.60. The van der Waals surface area contributed by atoms with Crippen LogP contribution in [0.25, 0.3) is 0 Å². The Morgan fingerprint density at radius 1 is 1.39 bits per heavy atom. The Labute approximate surface area is 112 Å². The summed E-state index contributed by atoms with van der Waals surface area (Å²) in [4.78, 5) is 11.2. The highest BCUT2D eigenvalue weighted by atomic mass is 35.5. The SMILES string of the molecule is CC1CCC(Nc2ccc(Cl)cc2C(=O)O)C1C. The molecule has 3 nitrogen and oxygen atoms in total. The molecular formula is C14H18ClNO2. The van der Waals surface area contributed by atoms with Gasteiger partial charge < -0.3 is 10.4 Å². The number of anilines is 1. The van der Waals surface area contributed by atoms with Crippen molar-refractivity contribution in [3.63, 3.8) is 0 Å². The molecule has 3 atom stereocenters. The molecule has 0 bridgehead atoms. The maximum atomic E-state index is 11.2. The van der Waals surface area contributed by atoms with Crippen molar-refractivity contribution in [2.75, 3.05) is 5.32 Å². The molecule has 0 heterocycles. The van der Waals surface area contributed by atoms with Gasteiger partial charge in [-0.05, 0) is 42.9 Å². The quantitative estimate of drug-likeness (QED) is 0.874. The van der Waals surface area contributed by atoms with Crippen molar-refractivity contribution >= 4 is 23.3 Å². The summed E-state index contributed by atoms with van der Waals surface area (Å²) in [5.74, 6) is 0.295. The van der Waals surface area contributed by atoms with E-state index in [0.29, 0.717) is 28.6 Å². The average molecular weight is 268 g/mol. The van der Waals surface area contributed by atoms with E-state index in [1.807, 2.05) is 0 Å². The molecule has 1 aromatic rings. The van der Waals surface area contributed by atoms with Crippen LogP contribution in [0.4, 0.5) is 5.69 Å². The van der Waals surface area contributed by atoms with Crippen LogP contribution >= 0.6 is 11.6 Å². The van der Waals surface area contributed by atoms with Crippen LogP contribution in [0.2, 0.25) is 5.02 Å². The van der Waals surface area contributed by atoms with Crippen LogP contribution in [0, 0.1) is 11.8 Å². The van der Waals surface area contributed by atoms with Gasteiger partial charge in [0, 0.05) is 16.8 Å². The lowest BCUT2D eigenvalue weighted by molar-refractivity contribution is 0.0698. The molecule has 1 aliphatic rings. The van der Waals surface area contributed by atoms with Crippen molar-refractivity contribution in [3.05, 3.63) is 28.8 Å². The molecule has 0 aliphatic heterocycles. The molecule has 0 amide bonds. The molecule has 0 saturated heterocycles. The number of nitrogens with one attached hydrogen (secondary N) is 1. The van der Waals surface area contributed by atoms with Gasteiger partial charge in [-0.1, -0.05) is 25.4 Å². The fraction of sp³-hybridized carbons (Fsp3) is 0.500. The van der Waals surface area contributed by atoms with Gasteiger partial charge in [0.25, 0.3) is 0 Å². The van der Waals surface area contributed by atoms with E-state index in [-0.39, 0.29) is 5.56 Å². The van der Waals surface area contributed by atoms with Crippen LogP contribution < -0.4 is 5.32 Å². The molecule has 2 N–H and O–H groups in total. The largest absolute Gasteiger partial charge is 0.478 e. The number of halogens is 1. The highest BCUT2D eigenvalue weighted by Gasteiger charge is 2.30. The van der Waals surface area contributed by atoms with E-state index in [9.17, 15) is 9.90 Å². The topological polar surface area (TPSA) is 49.3 Å². The van der Waals surface area contributed by atoms with E-state index in [0.717, 1.165) is 6.42 Å². The number of aromatic carboxylic acids is 1. The molecule has 1 fully saturated rings. The minimum atomic E-state index is -0.946. The van der Waals surface area contributed by atoms with Crippen LogP contribution in [0.15, 0.2) is 18.2 Å². The Morgan fingerprint density at radius 2 is 2.11 bits per heavy atom. The number of carbonyl (C=O) groups is 1. The molecule has 4 heteroatoms. The molecule has 1 saturated carbocycles. The molecule has 0 spiro atoms. The molecule has 1 aliphatic carbocycles. The van der Waals surface area contributed by atoms with Gasteiger partial charge >= 0.3 is 5.97 Å². The van der Waals surface area contributed by atoms with Gasteiger partial charge in [-0.15, -0.1) is 0 Å². The normalized spacial score (nSPS) is 27.2. The second-order valence-electron chi connectivity index (χ2n) is 5.16. The highest BCUT2D eigenvalue weighted by molar-refractivity contribution is 6.31. The fourth-order valence-electron chi connectivity index (χ4n) is 2.59. The summed E-state index contributed by atoms with van der Waals surface area (Å²) in [7, 11) is 0. The van der Waals surface area contributed by atoms with E-state index in [4.69, 9.17) is 11.6 Å². The minimum absolute atomic E-state index is 0.245. The Morgan fingerprint density at radius 3 is 2.67 bits per heavy atom. The smallest absolute Gasteiger partial charge is 0.337 e. The third kappa shape index (κ3) is 2.61. The first kappa shape index (κ1) is 13.2. The van der Waals surface area contributed by atoms with E-state index in [1.165, 1.54) is 12.5 Å². The summed E-state index contributed by atoms with van der Waals surface area (Å²) in [6.45, 7) is 4.46. The summed E-state index contributed by atoms with van der Waals surface area (Å²) in [6.07, 6.45) is 2.28. The average Bonchev–Trinajstić information content (AvgIpc) is 2.63. The number of carboxylic acids is 1. The van der Waals surface area contributed by atoms with Crippen LogP contribution in [-0.4, -0.2) is 17.1 Å². The molecular weight excluding hydrogens is 250 g/mol. The molecule has 0 aromatic heterocycles. The predicted molar refractivity (Wildman–Crippen MR) is 73.4 cm³/mol. The number of carboxylic acid groups (broad SMARTS) is 1. The Kier molecular flexibility index (Phi) is 3.81. The van der Waals surface area contributed by atoms with Crippen LogP contribution in [0.3, 0.4) is 0 Å². The first-order chi connectivity index (χ1) is 8.49. The third-order valence-electron chi connectivity index (χ3n) is 4.02. The van der Waals surface area contributed by atoms with Gasteiger partial charge in [0.2, 0.25) is 0 Å². The molecule has 98 valence electrons. The maximum Gasteiger partial charge on any atom is 0.337 e. The van der Waals surface area contributed by atoms with E-state index < -0.39 is 5.97 Å². The maximum absolute atomic E-state index is 11.2. The van der Waals surface area contributed by atoms with E-state index in [1.54, 1.807) is 12.1 Å². The standard InChI is InChI=1S/C14H18ClNO2/c1-8-3-5-12(9(8)2)16-13-6-4-10(15)7-11(13)14(17)18/h4,6-9,12,16H,3,5H2,1-2H3,(H,17,18). The number of benzene rings is 1. The molecule has 18 heavy (non-hydrogen) atoms. The van der Waals surface area contributed by atoms with Crippen molar-refractivity contribution in [2.24, 2.45) is 11.8 Å². The first-order valence-corrected chi connectivity index (χ1v) is 6.66. The summed E-state index contributed by atoms with van der Waals surface area (Å²) in [6, 6.07) is 5.31. The summed E-state index contributed by atoms with van der Waals surface area (Å²) in [5, 5.41) is 13.0. The summed E-state index contributed by atoms with van der Waals surface area (Å²) >= 11 is 5.84. The van der Waals surface area contributed by atoms with Gasteiger partial charge in [-0.2, -0.15) is 0 Å². The lowest BCUT2D eigenvalue weighted by atomic mass is 9.97. The van der Waals surface area contributed by atoms with Crippen LogP contribution in [-0.2, 0) is 0 Å². The highest BCUT2D eigenvalue weighted by Crippen LogP contribution is 2.34. The van der Waals surface area contributed by atoms with Crippen LogP contribution in [0.5, 0.6) is 0 Å². The van der Waals surface area contributed by atoms with Crippen molar-refractivity contribution in [3.8, 4) is 0 Å². The zero-order valence-electron chi connectivity index (χ0n) is 10.6. The zero-order chi connectivity index (χ0) is 13.3. The van der Waals surface area contributed by atoms with Gasteiger partial charge in [-0.25, -0.2) is 4.79 Å². The lowest BCUT2D eigenvalue weighted by Gasteiger charge is -2.22. The molecule has 2 rings (SSSR count). The number of hydrogen-bond donors (Lipinski definition) is 2. The van der Waals surface area contributed by atoms with Gasteiger partial charge in [0.05, 0.1) is 5.56 Å². The number of hydrogen-bond acceptors (Lipinski definition) is 2. The summed E-state index contributed by atoms with van der Waals surface area (Å²) < 4.78 is 0. The molecule has 3 unspecified atom stereocenters. The predicted octanol–water partition coefficient (Wildman–Crippen LogP) is 3.88. The fourth-order valence-corrected chi connectivity index (χ4v) is 2.76. The number of rotatable bonds is 3. The second kappa shape index (κ2) is 5.19. The van der Waals surface area contributed by atoms with Crippen molar-refractivity contribution in [1.82, 2.24) is 0 Å². The third-order valence-corrected chi connectivity index (χ3v) is 4.25. The Hall–Kier alpha value is -1.22.